The second kappa shape index (κ2) is 8.41. The van der Waals surface area contributed by atoms with Gasteiger partial charge in [0, 0.05) is 29.8 Å². The Bertz CT molecular complexity index is 1070. The summed E-state index contributed by atoms with van der Waals surface area (Å²) in [7, 11) is 0. The molecule has 0 saturated heterocycles. The fraction of sp³-hybridized carbons (Fsp3) is 0.261. The van der Waals surface area contributed by atoms with Gasteiger partial charge < -0.3 is 15.4 Å². The fourth-order valence-electron chi connectivity index (χ4n) is 3.41. The lowest BCUT2D eigenvalue weighted by Gasteiger charge is -2.17. The third-order valence-electron chi connectivity index (χ3n) is 4.90. The van der Waals surface area contributed by atoms with Gasteiger partial charge in [-0.05, 0) is 44.0 Å². The molecule has 0 unspecified atom stereocenters. The molecule has 2 aromatic carbocycles. The van der Waals surface area contributed by atoms with Crippen LogP contribution in [-0.4, -0.2) is 28.2 Å². The Kier molecular flexibility index (Phi) is 5.52. The maximum absolute atomic E-state index is 12.5. The summed E-state index contributed by atoms with van der Waals surface area (Å²) in [5.41, 5.74) is 3.61. The first-order valence-electron chi connectivity index (χ1n) is 10.00. The van der Waals surface area contributed by atoms with Gasteiger partial charge in [0.15, 0.2) is 6.61 Å². The van der Waals surface area contributed by atoms with Gasteiger partial charge >= 0.3 is 0 Å². The van der Waals surface area contributed by atoms with Crippen LogP contribution < -0.4 is 15.4 Å². The van der Waals surface area contributed by atoms with E-state index < -0.39 is 0 Å². The summed E-state index contributed by atoms with van der Waals surface area (Å²) in [5, 5.41) is 10.4. The first-order chi connectivity index (χ1) is 14.5. The third kappa shape index (κ3) is 4.35. The summed E-state index contributed by atoms with van der Waals surface area (Å²) in [6, 6.07) is 17.2. The number of rotatable bonds is 6. The van der Waals surface area contributed by atoms with Crippen LogP contribution in [0.25, 0.3) is 11.3 Å². The first kappa shape index (κ1) is 19.7. The number of benzene rings is 2. The molecular weight excluding hydrogens is 380 g/mol. The Morgan fingerprint density at radius 3 is 2.73 bits per heavy atom. The summed E-state index contributed by atoms with van der Waals surface area (Å²) in [6.07, 6.45) is 1.13. The molecule has 30 heavy (non-hydrogen) atoms. The summed E-state index contributed by atoms with van der Waals surface area (Å²) < 4.78 is 7.46. The van der Waals surface area contributed by atoms with Gasteiger partial charge in [0.25, 0.3) is 5.91 Å². The van der Waals surface area contributed by atoms with Crippen molar-refractivity contribution in [2.45, 2.75) is 32.7 Å². The van der Waals surface area contributed by atoms with E-state index in [1.807, 2.05) is 56.3 Å². The molecule has 0 aliphatic carbocycles. The summed E-state index contributed by atoms with van der Waals surface area (Å²) in [6.45, 7) is 3.91. The minimum absolute atomic E-state index is 0.0205. The second-order valence-electron chi connectivity index (χ2n) is 7.52. The number of carbonyl (C=O) groups excluding carboxylic acids is 2. The van der Waals surface area contributed by atoms with E-state index in [0.29, 0.717) is 24.4 Å². The average Bonchev–Trinajstić information content (AvgIpc) is 3.17. The minimum Gasteiger partial charge on any atom is -0.484 e. The van der Waals surface area contributed by atoms with Crippen LogP contribution in [0.4, 0.5) is 11.5 Å². The monoisotopic (exact) mass is 404 g/mol. The highest BCUT2D eigenvalue weighted by Crippen LogP contribution is 2.27. The van der Waals surface area contributed by atoms with Crippen molar-refractivity contribution in [3.05, 3.63) is 60.2 Å². The van der Waals surface area contributed by atoms with Crippen LogP contribution >= 0.6 is 0 Å². The van der Waals surface area contributed by atoms with Crippen molar-refractivity contribution in [1.29, 1.82) is 0 Å². The lowest BCUT2D eigenvalue weighted by Crippen LogP contribution is -2.23. The number of carbonyl (C=O) groups is 2. The van der Waals surface area contributed by atoms with Gasteiger partial charge in [0.05, 0.1) is 5.69 Å². The van der Waals surface area contributed by atoms with E-state index >= 15 is 0 Å². The second-order valence-corrected chi connectivity index (χ2v) is 7.52. The fourth-order valence-corrected chi connectivity index (χ4v) is 3.41. The molecule has 3 aromatic rings. The molecule has 0 fully saturated rings. The van der Waals surface area contributed by atoms with E-state index in [1.54, 1.807) is 16.8 Å². The molecule has 7 nitrogen and oxygen atoms in total. The van der Waals surface area contributed by atoms with Gasteiger partial charge in [-0.15, -0.1) is 0 Å². The zero-order valence-electron chi connectivity index (χ0n) is 17.0. The molecule has 0 radical (unpaired) electrons. The zero-order valence-corrected chi connectivity index (χ0v) is 17.0. The first-order valence-corrected chi connectivity index (χ1v) is 10.00. The van der Waals surface area contributed by atoms with Crippen LogP contribution in [0.1, 0.15) is 31.9 Å². The number of aryl methyl sites for hydroxylation is 1. The predicted octanol–water partition coefficient (Wildman–Crippen LogP) is 4.03. The van der Waals surface area contributed by atoms with E-state index in [4.69, 9.17) is 4.74 Å². The predicted molar refractivity (Wildman–Crippen MR) is 116 cm³/mol. The Labute approximate surface area is 175 Å². The Morgan fingerprint density at radius 2 is 1.97 bits per heavy atom. The number of nitrogens with zero attached hydrogens (tertiary/aromatic N) is 2. The molecule has 1 aliphatic rings. The van der Waals surface area contributed by atoms with Gasteiger partial charge in [-0.1, -0.05) is 30.3 Å². The molecule has 0 atom stereocenters. The van der Waals surface area contributed by atoms with Gasteiger partial charge in [-0.25, -0.2) is 4.68 Å². The molecular formula is C23H24N4O3. The molecule has 1 aliphatic heterocycles. The molecule has 2 heterocycles. The van der Waals surface area contributed by atoms with E-state index in [2.05, 4.69) is 15.7 Å². The number of hydrogen-bond acceptors (Lipinski definition) is 4. The van der Waals surface area contributed by atoms with Gasteiger partial charge in [0.1, 0.15) is 11.6 Å². The van der Waals surface area contributed by atoms with E-state index in [1.165, 1.54) is 0 Å². The summed E-state index contributed by atoms with van der Waals surface area (Å²) in [5.74, 6) is 0.989. The number of nitrogens with one attached hydrogen (secondary N) is 2. The molecule has 4 rings (SSSR count). The van der Waals surface area contributed by atoms with E-state index in [-0.39, 0.29) is 24.5 Å². The average molecular weight is 404 g/mol. The Hall–Kier alpha value is -3.61. The number of aromatic nitrogens is 2. The largest absolute Gasteiger partial charge is 0.484 e. The Balaban J connectivity index is 1.43. The van der Waals surface area contributed by atoms with Crippen molar-refractivity contribution >= 4 is 23.3 Å². The molecule has 2 amide bonds. The zero-order chi connectivity index (χ0) is 21.1. The number of ether oxygens (including phenoxy) is 1. The number of anilines is 2. The van der Waals surface area contributed by atoms with Crippen molar-refractivity contribution in [1.82, 2.24) is 9.78 Å². The summed E-state index contributed by atoms with van der Waals surface area (Å²) >= 11 is 0. The minimum atomic E-state index is -0.262. The lowest BCUT2D eigenvalue weighted by molar-refractivity contribution is -0.118. The number of fused-ring (bicyclic) bond motifs is 1. The van der Waals surface area contributed by atoms with E-state index in [9.17, 15) is 9.59 Å². The van der Waals surface area contributed by atoms with Crippen molar-refractivity contribution in [3.63, 3.8) is 0 Å². The van der Waals surface area contributed by atoms with Gasteiger partial charge in [-0.2, -0.15) is 5.10 Å². The number of hydrogen-bond donors (Lipinski definition) is 2. The Morgan fingerprint density at radius 1 is 1.17 bits per heavy atom. The van der Waals surface area contributed by atoms with Crippen LogP contribution in [0.2, 0.25) is 0 Å². The molecule has 1 aromatic heterocycles. The van der Waals surface area contributed by atoms with Gasteiger partial charge in [-0.3, -0.25) is 9.59 Å². The van der Waals surface area contributed by atoms with Crippen LogP contribution in [0.15, 0.2) is 54.6 Å². The summed E-state index contributed by atoms with van der Waals surface area (Å²) in [4.78, 5) is 24.0. The SMILES string of the molecule is CC(C)n1nc(-c2ccccc2)cc1NC(=O)COc1ccc2c(c1)CCC(=O)N2. The highest BCUT2D eigenvalue weighted by atomic mass is 16.5. The molecule has 0 saturated carbocycles. The standard InChI is InChI=1S/C23H24N4O3/c1-15(2)27-21(13-20(26-27)16-6-4-3-5-7-16)25-23(29)14-30-18-9-10-19-17(12-18)8-11-22(28)24-19/h3-7,9-10,12-13,15H,8,11,14H2,1-2H3,(H,24,28)(H,25,29). The van der Waals surface area contributed by atoms with Crippen LogP contribution in [0.5, 0.6) is 5.75 Å². The van der Waals surface area contributed by atoms with Crippen LogP contribution in [0.3, 0.4) is 0 Å². The third-order valence-corrected chi connectivity index (χ3v) is 4.90. The van der Waals surface area contributed by atoms with Crippen molar-refractivity contribution < 1.29 is 14.3 Å². The quantitative estimate of drug-likeness (QED) is 0.649. The molecule has 7 heteroatoms. The maximum Gasteiger partial charge on any atom is 0.263 e. The van der Waals surface area contributed by atoms with Crippen molar-refractivity contribution in [3.8, 4) is 17.0 Å². The van der Waals surface area contributed by atoms with Gasteiger partial charge in [0.2, 0.25) is 5.91 Å². The van der Waals surface area contributed by atoms with E-state index in [0.717, 1.165) is 22.5 Å². The van der Waals surface area contributed by atoms with Crippen molar-refractivity contribution in [2.24, 2.45) is 0 Å². The molecule has 2 N–H and O–H groups in total. The highest BCUT2D eigenvalue weighted by Gasteiger charge is 2.17. The highest BCUT2D eigenvalue weighted by molar-refractivity contribution is 5.94. The molecule has 0 bridgehead atoms. The van der Waals surface area contributed by atoms with Crippen LogP contribution in [0, 0.1) is 0 Å². The topological polar surface area (TPSA) is 85.2 Å². The smallest absolute Gasteiger partial charge is 0.263 e. The van der Waals surface area contributed by atoms with Crippen molar-refractivity contribution in [2.75, 3.05) is 17.2 Å². The number of amides is 2. The molecule has 154 valence electrons. The maximum atomic E-state index is 12.5. The normalized spacial score (nSPS) is 13.0. The lowest BCUT2D eigenvalue weighted by atomic mass is 10.0. The van der Waals surface area contributed by atoms with Crippen LogP contribution in [-0.2, 0) is 16.0 Å². The molecule has 0 spiro atoms.